The summed E-state index contributed by atoms with van der Waals surface area (Å²) in [7, 11) is -2.26. The highest BCUT2D eigenvalue weighted by Gasteiger charge is 2.24. The largest absolute Gasteiger partial charge is 0.466 e. The van der Waals surface area contributed by atoms with Gasteiger partial charge in [0.25, 0.3) is 0 Å². The SMILES string of the molecule is C=C(C(=O)OC)[C@@H](NS(C)(=O)=O)c1ccccc1. The van der Waals surface area contributed by atoms with E-state index in [4.69, 9.17) is 0 Å². The average Bonchev–Trinajstić information content (AvgIpc) is 2.34. The summed E-state index contributed by atoms with van der Waals surface area (Å²) < 4.78 is 29.6. The summed E-state index contributed by atoms with van der Waals surface area (Å²) in [6, 6.07) is 7.87. The number of hydrogen-bond acceptors (Lipinski definition) is 4. The third kappa shape index (κ3) is 3.97. The number of hydrogen-bond donors (Lipinski definition) is 1. The van der Waals surface area contributed by atoms with Gasteiger partial charge in [-0.05, 0) is 5.56 Å². The van der Waals surface area contributed by atoms with Crippen molar-refractivity contribution in [3.8, 4) is 0 Å². The van der Waals surface area contributed by atoms with Gasteiger partial charge in [-0.1, -0.05) is 36.9 Å². The Balaban J connectivity index is 3.11. The molecule has 1 aromatic carbocycles. The molecule has 0 saturated carbocycles. The zero-order chi connectivity index (χ0) is 13.8. The number of carbonyl (C=O) groups excluding carboxylic acids is 1. The fraction of sp³-hybridized carbons (Fsp3) is 0.250. The summed E-state index contributed by atoms with van der Waals surface area (Å²) in [5.74, 6) is -0.653. The Bertz CT molecular complexity index is 536. The molecule has 18 heavy (non-hydrogen) atoms. The average molecular weight is 269 g/mol. The molecular formula is C12H15NO4S. The lowest BCUT2D eigenvalue weighted by Crippen LogP contribution is -2.31. The first-order valence-corrected chi connectivity index (χ1v) is 7.03. The lowest BCUT2D eigenvalue weighted by Gasteiger charge is -2.18. The molecule has 6 heteroatoms. The summed E-state index contributed by atoms with van der Waals surface area (Å²) in [6.45, 7) is 3.58. The van der Waals surface area contributed by atoms with Crippen molar-refractivity contribution in [3.63, 3.8) is 0 Å². The molecule has 0 heterocycles. The molecule has 0 radical (unpaired) electrons. The molecule has 0 aliphatic rings. The van der Waals surface area contributed by atoms with Gasteiger partial charge in [0.15, 0.2) is 0 Å². The van der Waals surface area contributed by atoms with Gasteiger partial charge in [0, 0.05) is 0 Å². The Morgan fingerprint density at radius 1 is 1.33 bits per heavy atom. The number of sulfonamides is 1. The van der Waals surface area contributed by atoms with Gasteiger partial charge in [0.2, 0.25) is 10.0 Å². The van der Waals surface area contributed by atoms with Gasteiger partial charge in [-0.2, -0.15) is 0 Å². The second-order valence-electron chi connectivity index (χ2n) is 3.75. The van der Waals surface area contributed by atoms with Gasteiger partial charge in [-0.25, -0.2) is 17.9 Å². The number of ether oxygens (including phenoxy) is 1. The van der Waals surface area contributed by atoms with E-state index in [-0.39, 0.29) is 5.57 Å². The number of methoxy groups -OCH3 is 1. The van der Waals surface area contributed by atoms with E-state index in [0.717, 1.165) is 6.26 Å². The third-order valence-electron chi connectivity index (χ3n) is 2.26. The molecule has 1 atom stereocenters. The van der Waals surface area contributed by atoms with E-state index in [2.05, 4.69) is 16.0 Å². The molecule has 0 aromatic heterocycles. The smallest absolute Gasteiger partial charge is 0.335 e. The lowest BCUT2D eigenvalue weighted by atomic mass is 10.0. The van der Waals surface area contributed by atoms with Crippen LogP contribution in [0.5, 0.6) is 0 Å². The van der Waals surface area contributed by atoms with Crippen LogP contribution in [0.15, 0.2) is 42.5 Å². The molecule has 0 aliphatic heterocycles. The summed E-state index contributed by atoms with van der Waals surface area (Å²) in [5, 5.41) is 0. The Morgan fingerprint density at radius 2 is 1.89 bits per heavy atom. The molecule has 1 aromatic rings. The predicted octanol–water partition coefficient (Wildman–Crippen LogP) is 1.01. The van der Waals surface area contributed by atoms with Gasteiger partial charge in [-0.3, -0.25) is 0 Å². The van der Waals surface area contributed by atoms with E-state index in [1.807, 2.05) is 0 Å². The highest BCUT2D eigenvalue weighted by atomic mass is 32.2. The molecule has 5 nitrogen and oxygen atoms in total. The van der Waals surface area contributed by atoms with Crippen LogP contribution < -0.4 is 4.72 Å². The quantitative estimate of drug-likeness (QED) is 0.639. The minimum absolute atomic E-state index is 0.0362. The maximum absolute atomic E-state index is 11.5. The van der Waals surface area contributed by atoms with Crippen LogP contribution in [-0.2, 0) is 19.6 Å². The number of carbonyl (C=O) groups is 1. The highest BCUT2D eigenvalue weighted by molar-refractivity contribution is 7.88. The first kappa shape index (κ1) is 14.4. The molecule has 1 rings (SSSR count). The molecule has 0 amide bonds. The topological polar surface area (TPSA) is 72.5 Å². The molecule has 98 valence electrons. The second kappa shape index (κ2) is 5.79. The Labute approximate surface area is 107 Å². The zero-order valence-corrected chi connectivity index (χ0v) is 11.0. The van der Waals surface area contributed by atoms with Crippen LogP contribution in [0.3, 0.4) is 0 Å². The van der Waals surface area contributed by atoms with Gasteiger partial charge in [-0.15, -0.1) is 0 Å². The lowest BCUT2D eigenvalue weighted by molar-refractivity contribution is -0.136. The second-order valence-corrected chi connectivity index (χ2v) is 5.53. The Morgan fingerprint density at radius 3 is 2.33 bits per heavy atom. The van der Waals surface area contributed by atoms with E-state index in [0.29, 0.717) is 5.56 Å². The van der Waals surface area contributed by atoms with Crippen molar-refractivity contribution in [1.29, 1.82) is 0 Å². The molecule has 0 fully saturated rings. The van der Waals surface area contributed by atoms with Crippen molar-refractivity contribution in [1.82, 2.24) is 4.72 Å². The van der Waals surface area contributed by atoms with Crippen molar-refractivity contribution < 1.29 is 17.9 Å². The fourth-order valence-corrected chi connectivity index (χ4v) is 2.16. The standard InChI is InChI=1S/C12H15NO4S/c1-9(12(14)17-2)11(13-18(3,15)16)10-7-5-4-6-8-10/h4-8,11,13H,1H2,2-3H3/t11-/m1/s1. The van der Waals surface area contributed by atoms with Crippen molar-refractivity contribution in [2.45, 2.75) is 6.04 Å². The summed E-state index contributed by atoms with van der Waals surface area (Å²) in [5.41, 5.74) is 0.660. The van der Waals surface area contributed by atoms with Crippen molar-refractivity contribution in [2.75, 3.05) is 13.4 Å². The van der Waals surface area contributed by atoms with E-state index in [1.54, 1.807) is 30.3 Å². The summed E-state index contributed by atoms with van der Waals surface area (Å²) >= 11 is 0. The number of esters is 1. The van der Waals surface area contributed by atoms with Gasteiger partial charge < -0.3 is 4.74 Å². The normalized spacial score (nSPS) is 12.8. The third-order valence-corrected chi connectivity index (χ3v) is 2.92. The highest BCUT2D eigenvalue weighted by Crippen LogP contribution is 2.21. The molecule has 1 N–H and O–H groups in total. The monoisotopic (exact) mass is 269 g/mol. The van der Waals surface area contributed by atoms with Gasteiger partial charge >= 0.3 is 5.97 Å². The fourth-order valence-electron chi connectivity index (χ4n) is 1.45. The van der Waals surface area contributed by atoms with E-state index in [9.17, 15) is 13.2 Å². The molecule has 0 saturated heterocycles. The first-order chi connectivity index (χ1) is 8.35. The maximum Gasteiger partial charge on any atom is 0.335 e. The number of rotatable bonds is 5. The van der Waals surface area contributed by atoms with Crippen molar-refractivity contribution >= 4 is 16.0 Å². The maximum atomic E-state index is 11.5. The van der Waals surface area contributed by atoms with E-state index in [1.165, 1.54) is 7.11 Å². The van der Waals surface area contributed by atoms with Crippen LogP contribution in [0.4, 0.5) is 0 Å². The van der Waals surface area contributed by atoms with Crippen LogP contribution in [0.25, 0.3) is 0 Å². The van der Waals surface area contributed by atoms with Crippen LogP contribution in [0.1, 0.15) is 11.6 Å². The summed E-state index contributed by atoms with van der Waals surface area (Å²) in [4.78, 5) is 11.5. The Hall–Kier alpha value is -1.66. The Kier molecular flexibility index (Phi) is 4.63. The molecule has 0 unspecified atom stereocenters. The van der Waals surface area contributed by atoms with Crippen LogP contribution in [0, 0.1) is 0 Å². The van der Waals surface area contributed by atoms with Crippen LogP contribution in [0.2, 0.25) is 0 Å². The number of benzene rings is 1. The zero-order valence-electron chi connectivity index (χ0n) is 10.2. The minimum atomic E-state index is -3.48. The number of nitrogens with one attached hydrogen (secondary N) is 1. The van der Waals surface area contributed by atoms with Crippen LogP contribution >= 0.6 is 0 Å². The molecule has 0 spiro atoms. The van der Waals surface area contributed by atoms with Crippen molar-refractivity contribution in [3.05, 3.63) is 48.0 Å². The molecule has 0 bridgehead atoms. The van der Waals surface area contributed by atoms with Gasteiger partial charge in [0.1, 0.15) is 0 Å². The van der Waals surface area contributed by atoms with E-state index < -0.39 is 22.0 Å². The van der Waals surface area contributed by atoms with Crippen LogP contribution in [-0.4, -0.2) is 27.8 Å². The molecular weight excluding hydrogens is 254 g/mol. The molecule has 0 aliphatic carbocycles. The summed E-state index contributed by atoms with van der Waals surface area (Å²) in [6.07, 6.45) is 1.02. The van der Waals surface area contributed by atoms with E-state index >= 15 is 0 Å². The minimum Gasteiger partial charge on any atom is -0.466 e. The van der Waals surface area contributed by atoms with Crippen molar-refractivity contribution in [2.24, 2.45) is 0 Å². The first-order valence-electron chi connectivity index (χ1n) is 5.14. The predicted molar refractivity (Wildman–Crippen MR) is 68.3 cm³/mol. The van der Waals surface area contributed by atoms with Gasteiger partial charge in [0.05, 0.1) is 25.0 Å².